The van der Waals surface area contributed by atoms with Crippen LogP contribution in [0, 0.1) is 0 Å². The first-order chi connectivity index (χ1) is 11.9. The lowest BCUT2D eigenvalue weighted by atomic mass is 9.92. The van der Waals surface area contributed by atoms with E-state index in [1.807, 2.05) is 22.8 Å². The quantitative estimate of drug-likeness (QED) is 0.604. The highest BCUT2D eigenvalue weighted by Gasteiger charge is 2.31. The number of halogens is 4. The Kier molecular flexibility index (Phi) is 3.88. The molecule has 2 heterocycles. The SMILES string of the molecule is NC1CCCc2c1n(-c1ccc(C(F)(F)F)cn1)c1ccc(Br)cc21. The highest BCUT2D eigenvalue weighted by atomic mass is 79.9. The zero-order chi connectivity index (χ0) is 17.8. The summed E-state index contributed by atoms with van der Waals surface area (Å²) >= 11 is 3.49. The van der Waals surface area contributed by atoms with Crippen LogP contribution >= 0.6 is 15.9 Å². The van der Waals surface area contributed by atoms with Crippen LogP contribution < -0.4 is 5.73 Å². The maximum atomic E-state index is 12.8. The Morgan fingerprint density at radius 3 is 2.68 bits per heavy atom. The second-order valence-electron chi connectivity index (χ2n) is 6.26. The number of nitrogens with zero attached hydrogens (tertiary/aromatic N) is 2. The Morgan fingerprint density at radius 1 is 1.20 bits per heavy atom. The fourth-order valence-electron chi connectivity index (χ4n) is 3.57. The van der Waals surface area contributed by atoms with Gasteiger partial charge in [-0.05, 0) is 55.2 Å². The van der Waals surface area contributed by atoms with Gasteiger partial charge in [0.25, 0.3) is 0 Å². The Morgan fingerprint density at radius 2 is 2.00 bits per heavy atom. The number of alkyl halides is 3. The van der Waals surface area contributed by atoms with Gasteiger partial charge in [0.1, 0.15) is 5.82 Å². The van der Waals surface area contributed by atoms with Gasteiger partial charge in [-0.1, -0.05) is 15.9 Å². The van der Waals surface area contributed by atoms with Gasteiger partial charge in [0.05, 0.1) is 11.1 Å². The molecule has 1 aromatic carbocycles. The average molecular weight is 410 g/mol. The molecule has 0 bridgehead atoms. The van der Waals surface area contributed by atoms with E-state index in [1.165, 1.54) is 6.07 Å². The second-order valence-corrected chi connectivity index (χ2v) is 7.18. The summed E-state index contributed by atoms with van der Waals surface area (Å²) in [4.78, 5) is 4.08. The summed E-state index contributed by atoms with van der Waals surface area (Å²) in [5.74, 6) is 0.457. The third-order valence-electron chi connectivity index (χ3n) is 4.67. The molecule has 3 aromatic rings. The van der Waals surface area contributed by atoms with Gasteiger partial charge < -0.3 is 5.73 Å². The fraction of sp³-hybridized carbons (Fsp3) is 0.278. The maximum absolute atomic E-state index is 12.8. The van der Waals surface area contributed by atoms with E-state index in [0.717, 1.165) is 58.2 Å². The molecule has 0 saturated carbocycles. The minimum Gasteiger partial charge on any atom is -0.323 e. The molecule has 7 heteroatoms. The van der Waals surface area contributed by atoms with Gasteiger partial charge in [0.15, 0.2) is 0 Å². The van der Waals surface area contributed by atoms with Gasteiger partial charge in [-0.3, -0.25) is 4.57 Å². The van der Waals surface area contributed by atoms with Crippen molar-refractivity contribution in [3.05, 3.63) is 57.8 Å². The normalized spacial score (nSPS) is 17.7. The van der Waals surface area contributed by atoms with Gasteiger partial charge in [0, 0.05) is 27.8 Å². The molecule has 0 aliphatic heterocycles. The van der Waals surface area contributed by atoms with Gasteiger partial charge >= 0.3 is 6.18 Å². The third-order valence-corrected chi connectivity index (χ3v) is 5.17. The lowest BCUT2D eigenvalue weighted by molar-refractivity contribution is -0.137. The van der Waals surface area contributed by atoms with E-state index in [-0.39, 0.29) is 6.04 Å². The average Bonchev–Trinajstić information content (AvgIpc) is 2.89. The maximum Gasteiger partial charge on any atom is 0.417 e. The van der Waals surface area contributed by atoms with Crippen molar-refractivity contribution >= 4 is 26.8 Å². The summed E-state index contributed by atoms with van der Waals surface area (Å²) in [6.45, 7) is 0. The van der Waals surface area contributed by atoms with E-state index in [4.69, 9.17) is 5.73 Å². The van der Waals surface area contributed by atoms with Crippen molar-refractivity contribution in [3.63, 3.8) is 0 Å². The zero-order valence-corrected chi connectivity index (χ0v) is 14.7. The fourth-order valence-corrected chi connectivity index (χ4v) is 3.93. The third kappa shape index (κ3) is 2.75. The molecule has 0 saturated heterocycles. The van der Waals surface area contributed by atoms with Gasteiger partial charge in [-0.15, -0.1) is 0 Å². The molecule has 2 aromatic heterocycles. The molecule has 0 spiro atoms. The van der Waals surface area contributed by atoms with Crippen LogP contribution in [0.15, 0.2) is 41.0 Å². The number of hydrogen-bond donors (Lipinski definition) is 1. The van der Waals surface area contributed by atoms with Crippen LogP contribution in [0.3, 0.4) is 0 Å². The van der Waals surface area contributed by atoms with Crippen molar-refractivity contribution in [1.29, 1.82) is 0 Å². The molecule has 1 atom stereocenters. The predicted octanol–water partition coefficient (Wildman–Crippen LogP) is 5.14. The number of nitrogens with two attached hydrogens (primary N) is 1. The number of hydrogen-bond acceptors (Lipinski definition) is 2. The van der Waals surface area contributed by atoms with Crippen LogP contribution in [0.5, 0.6) is 0 Å². The van der Waals surface area contributed by atoms with Crippen LogP contribution in [-0.2, 0) is 12.6 Å². The molecule has 2 N–H and O–H groups in total. The lowest BCUT2D eigenvalue weighted by Crippen LogP contribution is -2.20. The largest absolute Gasteiger partial charge is 0.417 e. The standard InChI is InChI=1S/C18H15BrF3N3/c19-11-5-6-15-13(8-11)12-2-1-3-14(23)17(12)25(15)16-7-4-10(9-24-16)18(20,21)22/h4-9,14H,1-3,23H2. The van der Waals surface area contributed by atoms with Gasteiger partial charge in [0.2, 0.25) is 0 Å². The highest BCUT2D eigenvalue weighted by Crippen LogP contribution is 2.39. The van der Waals surface area contributed by atoms with Crippen LogP contribution in [-0.4, -0.2) is 9.55 Å². The smallest absolute Gasteiger partial charge is 0.323 e. The minimum absolute atomic E-state index is 0.154. The summed E-state index contributed by atoms with van der Waals surface area (Å²) in [6, 6.07) is 8.22. The van der Waals surface area contributed by atoms with Crippen LogP contribution in [0.2, 0.25) is 0 Å². The Hall–Kier alpha value is -1.86. The molecular weight excluding hydrogens is 395 g/mol. The lowest BCUT2D eigenvalue weighted by Gasteiger charge is -2.22. The molecule has 4 rings (SSSR count). The topological polar surface area (TPSA) is 43.8 Å². The number of pyridine rings is 1. The molecule has 0 fully saturated rings. The van der Waals surface area contributed by atoms with Crippen molar-refractivity contribution in [2.75, 3.05) is 0 Å². The Labute approximate surface area is 150 Å². The summed E-state index contributed by atoms with van der Waals surface area (Å²) in [6.07, 6.45) is -0.763. The molecule has 0 radical (unpaired) electrons. The Balaban J connectivity index is 1.97. The first-order valence-corrected chi connectivity index (χ1v) is 8.77. The van der Waals surface area contributed by atoms with E-state index >= 15 is 0 Å². The van der Waals surface area contributed by atoms with Gasteiger partial charge in [-0.2, -0.15) is 13.2 Å². The molecule has 130 valence electrons. The minimum atomic E-state index is -4.40. The first kappa shape index (κ1) is 16.6. The number of rotatable bonds is 1. The molecule has 25 heavy (non-hydrogen) atoms. The molecule has 1 aliphatic rings. The molecular formula is C18H15BrF3N3. The predicted molar refractivity (Wildman–Crippen MR) is 93.6 cm³/mol. The van der Waals surface area contributed by atoms with Gasteiger partial charge in [-0.25, -0.2) is 4.98 Å². The highest BCUT2D eigenvalue weighted by molar-refractivity contribution is 9.10. The first-order valence-electron chi connectivity index (χ1n) is 7.98. The van der Waals surface area contributed by atoms with E-state index in [2.05, 4.69) is 20.9 Å². The molecule has 3 nitrogen and oxygen atoms in total. The summed E-state index contributed by atoms with van der Waals surface area (Å²) in [7, 11) is 0. The molecule has 0 amide bonds. The van der Waals surface area contributed by atoms with Crippen molar-refractivity contribution in [2.45, 2.75) is 31.5 Å². The zero-order valence-electron chi connectivity index (χ0n) is 13.1. The summed E-state index contributed by atoms with van der Waals surface area (Å²) in [5, 5.41) is 1.07. The van der Waals surface area contributed by atoms with Crippen molar-refractivity contribution in [1.82, 2.24) is 9.55 Å². The number of aryl methyl sites for hydroxylation is 1. The Bertz CT molecular complexity index is 945. The number of aromatic nitrogens is 2. The molecule has 1 unspecified atom stereocenters. The van der Waals surface area contributed by atoms with Crippen molar-refractivity contribution in [3.8, 4) is 5.82 Å². The van der Waals surface area contributed by atoms with E-state index in [0.29, 0.717) is 5.82 Å². The van der Waals surface area contributed by atoms with Crippen LogP contribution in [0.1, 0.15) is 35.7 Å². The number of benzene rings is 1. The van der Waals surface area contributed by atoms with Crippen molar-refractivity contribution < 1.29 is 13.2 Å². The summed E-state index contributed by atoms with van der Waals surface area (Å²) < 4.78 is 41.3. The second kappa shape index (κ2) is 5.85. The van der Waals surface area contributed by atoms with Crippen LogP contribution in [0.4, 0.5) is 13.2 Å². The van der Waals surface area contributed by atoms with Crippen molar-refractivity contribution in [2.24, 2.45) is 5.73 Å². The number of fused-ring (bicyclic) bond motifs is 3. The van der Waals surface area contributed by atoms with E-state index < -0.39 is 11.7 Å². The van der Waals surface area contributed by atoms with E-state index in [1.54, 1.807) is 0 Å². The van der Waals surface area contributed by atoms with Crippen LogP contribution in [0.25, 0.3) is 16.7 Å². The summed E-state index contributed by atoms with van der Waals surface area (Å²) in [5.41, 5.74) is 8.62. The monoisotopic (exact) mass is 409 g/mol. The molecule has 1 aliphatic carbocycles. The van der Waals surface area contributed by atoms with E-state index in [9.17, 15) is 13.2 Å².